The Morgan fingerprint density at radius 1 is 1.31 bits per heavy atom. The molecular formula is C15H18ClN5O3S2. The summed E-state index contributed by atoms with van der Waals surface area (Å²) in [5.74, 6) is -0.487. The number of hydrogen-bond acceptors (Lipinski definition) is 7. The van der Waals surface area contributed by atoms with Crippen molar-refractivity contribution >= 4 is 39.1 Å². The quantitative estimate of drug-likeness (QED) is 0.570. The zero-order chi connectivity index (χ0) is 18.9. The van der Waals surface area contributed by atoms with E-state index >= 15 is 0 Å². The number of nitrogens with zero attached hydrogens (tertiary/aromatic N) is 4. The predicted molar refractivity (Wildman–Crippen MR) is 99.6 cm³/mol. The zero-order valence-corrected chi connectivity index (χ0v) is 16.6. The van der Waals surface area contributed by atoms with Crippen molar-refractivity contribution in [2.24, 2.45) is 0 Å². The lowest BCUT2D eigenvalue weighted by molar-refractivity contribution is -0.119. The first-order valence-electron chi connectivity index (χ1n) is 7.87. The van der Waals surface area contributed by atoms with Gasteiger partial charge in [0.25, 0.3) is 0 Å². The van der Waals surface area contributed by atoms with Crippen LogP contribution in [0.5, 0.6) is 0 Å². The highest BCUT2D eigenvalue weighted by atomic mass is 35.5. The molecule has 0 aliphatic carbocycles. The Balaban J connectivity index is 1.64. The number of aromatic nitrogens is 4. The topological polar surface area (TPSA) is 107 Å². The van der Waals surface area contributed by atoms with Gasteiger partial charge >= 0.3 is 0 Å². The average Bonchev–Trinajstić information content (AvgIpc) is 3.08. The van der Waals surface area contributed by atoms with Crippen LogP contribution in [0.1, 0.15) is 11.1 Å². The van der Waals surface area contributed by atoms with E-state index in [9.17, 15) is 13.2 Å². The Morgan fingerprint density at radius 2 is 2.00 bits per heavy atom. The third-order valence-corrected chi connectivity index (χ3v) is 7.15. The number of sulfone groups is 1. The Bertz CT molecular complexity index is 911. The van der Waals surface area contributed by atoms with E-state index in [0.717, 1.165) is 16.8 Å². The summed E-state index contributed by atoms with van der Waals surface area (Å²) >= 11 is 7.18. The van der Waals surface area contributed by atoms with Crippen LogP contribution in [0, 0.1) is 13.8 Å². The molecule has 0 radical (unpaired) electrons. The lowest BCUT2D eigenvalue weighted by Crippen LogP contribution is -2.41. The van der Waals surface area contributed by atoms with Crippen LogP contribution in [0.15, 0.2) is 23.4 Å². The number of benzene rings is 1. The van der Waals surface area contributed by atoms with Gasteiger partial charge in [-0.05, 0) is 47.5 Å². The largest absolute Gasteiger partial charge is 0.350 e. The summed E-state index contributed by atoms with van der Waals surface area (Å²) in [7, 11) is -3.19. The number of alkyl halides is 1. The summed E-state index contributed by atoms with van der Waals surface area (Å²) in [5, 5.41) is 14.2. The van der Waals surface area contributed by atoms with Crippen LogP contribution in [0.3, 0.4) is 0 Å². The molecular weight excluding hydrogens is 398 g/mol. The number of rotatable bonds is 5. The Morgan fingerprint density at radius 3 is 2.62 bits per heavy atom. The molecule has 0 bridgehead atoms. The number of hydrogen-bond donors (Lipinski definition) is 1. The van der Waals surface area contributed by atoms with Crippen molar-refractivity contribution in [3.8, 4) is 5.69 Å². The number of aryl methyl sites for hydroxylation is 2. The molecule has 1 amide bonds. The minimum absolute atomic E-state index is 0.0608. The minimum Gasteiger partial charge on any atom is -0.350 e. The first-order chi connectivity index (χ1) is 12.2. The molecule has 1 aromatic carbocycles. The van der Waals surface area contributed by atoms with Gasteiger partial charge in [-0.1, -0.05) is 17.8 Å². The van der Waals surface area contributed by atoms with Crippen molar-refractivity contribution in [3.63, 3.8) is 0 Å². The summed E-state index contributed by atoms with van der Waals surface area (Å²) < 4.78 is 24.7. The molecule has 1 aliphatic rings. The first kappa shape index (κ1) is 19.1. The fourth-order valence-corrected chi connectivity index (χ4v) is 6.07. The van der Waals surface area contributed by atoms with Gasteiger partial charge in [0.2, 0.25) is 11.1 Å². The lowest BCUT2D eigenvalue weighted by atomic mass is 10.1. The number of amides is 1. The highest BCUT2D eigenvalue weighted by molar-refractivity contribution is 7.99. The van der Waals surface area contributed by atoms with Gasteiger partial charge in [-0.15, -0.1) is 16.7 Å². The first-order valence-corrected chi connectivity index (χ1v) is 11.1. The maximum absolute atomic E-state index is 12.1. The molecule has 1 N–H and O–H groups in total. The number of nitrogens with one attached hydrogen (secondary N) is 1. The van der Waals surface area contributed by atoms with Crippen molar-refractivity contribution in [1.82, 2.24) is 25.5 Å². The van der Waals surface area contributed by atoms with E-state index in [1.54, 1.807) is 4.68 Å². The maximum Gasteiger partial charge on any atom is 0.230 e. The van der Waals surface area contributed by atoms with E-state index in [1.165, 1.54) is 11.8 Å². The Kier molecular flexibility index (Phi) is 5.54. The molecule has 1 fully saturated rings. The predicted octanol–water partition coefficient (Wildman–Crippen LogP) is 0.892. The summed E-state index contributed by atoms with van der Waals surface area (Å²) in [4.78, 5) is 12.1. The standard InChI is InChI=1S/C15H18ClN5O3S2/c1-9-3-10(2)5-11(4-9)21-15(18-19-20-21)25-6-14(22)17-13-8-26(23,24)7-12(13)16/h3-5,12-13H,6-8H2,1-2H3,(H,17,22)/t12-,13+/m1/s1. The summed E-state index contributed by atoms with van der Waals surface area (Å²) in [6.45, 7) is 3.97. The second kappa shape index (κ2) is 7.53. The second-order valence-corrected chi connectivity index (χ2v) is 9.93. The molecule has 0 saturated carbocycles. The molecule has 1 saturated heterocycles. The monoisotopic (exact) mass is 415 g/mol. The average molecular weight is 416 g/mol. The highest BCUT2D eigenvalue weighted by Gasteiger charge is 2.37. The van der Waals surface area contributed by atoms with Crippen molar-refractivity contribution in [2.45, 2.75) is 30.4 Å². The van der Waals surface area contributed by atoms with E-state index in [-0.39, 0.29) is 23.2 Å². The SMILES string of the molecule is Cc1cc(C)cc(-n2nnnc2SCC(=O)N[C@H]2CS(=O)(=O)C[C@H]2Cl)c1. The van der Waals surface area contributed by atoms with E-state index in [0.29, 0.717) is 5.16 Å². The molecule has 2 aromatic rings. The number of thioether (sulfide) groups is 1. The fourth-order valence-electron chi connectivity index (χ4n) is 2.82. The van der Waals surface area contributed by atoms with Gasteiger partial charge in [-0.25, -0.2) is 8.42 Å². The summed E-state index contributed by atoms with van der Waals surface area (Å²) in [6.07, 6.45) is 0. The van der Waals surface area contributed by atoms with Crippen LogP contribution < -0.4 is 5.32 Å². The molecule has 11 heteroatoms. The molecule has 8 nitrogen and oxygen atoms in total. The third kappa shape index (κ3) is 4.54. The molecule has 26 heavy (non-hydrogen) atoms. The summed E-state index contributed by atoms with van der Waals surface area (Å²) in [6, 6.07) is 5.39. The van der Waals surface area contributed by atoms with Crippen LogP contribution in [-0.4, -0.2) is 63.2 Å². The Labute approximate surface area is 160 Å². The van der Waals surface area contributed by atoms with Gasteiger partial charge in [-0.2, -0.15) is 4.68 Å². The van der Waals surface area contributed by atoms with Crippen LogP contribution in [0.25, 0.3) is 5.69 Å². The van der Waals surface area contributed by atoms with Crippen molar-refractivity contribution in [1.29, 1.82) is 0 Å². The number of tetrazole rings is 1. The van der Waals surface area contributed by atoms with Gasteiger partial charge in [0.05, 0.1) is 34.4 Å². The van der Waals surface area contributed by atoms with Gasteiger partial charge < -0.3 is 5.32 Å². The van der Waals surface area contributed by atoms with Crippen LogP contribution in [0.4, 0.5) is 0 Å². The number of halogens is 1. The molecule has 1 aliphatic heterocycles. The molecule has 140 valence electrons. The van der Waals surface area contributed by atoms with Crippen molar-refractivity contribution < 1.29 is 13.2 Å². The van der Waals surface area contributed by atoms with Crippen molar-refractivity contribution in [2.75, 3.05) is 17.3 Å². The molecule has 0 unspecified atom stereocenters. The number of carbonyl (C=O) groups is 1. The number of carbonyl (C=O) groups excluding carboxylic acids is 1. The molecule has 2 heterocycles. The summed E-state index contributed by atoms with van der Waals surface area (Å²) in [5.41, 5.74) is 2.98. The van der Waals surface area contributed by atoms with Crippen LogP contribution in [-0.2, 0) is 14.6 Å². The van der Waals surface area contributed by atoms with Gasteiger partial charge in [0.1, 0.15) is 0 Å². The Hall–Kier alpha value is -1.65. The highest BCUT2D eigenvalue weighted by Crippen LogP contribution is 2.21. The minimum atomic E-state index is -3.19. The van der Waals surface area contributed by atoms with Gasteiger partial charge in [-0.3, -0.25) is 4.79 Å². The molecule has 1 aromatic heterocycles. The van der Waals surface area contributed by atoms with Crippen LogP contribution >= 0.6 is 23.4 Å². The molecule has 2 atom stereocenters. The van der Waals surface area contributed by atoms with E-state index in [2.05, 4.69) is 20.8 Å². The lowest BCUT2D eigenvalue weighted by Gasteiger charge is -2.14. The maximum atomic E-state index is 12.1. The third-order valence-electron chi connectivity index (χ3n) is 3.85. The van der Waals surface area contributed by atoms with E-state index in [1.807, 2.05) is 32.0 Å². The van der Waals surface area contributed by atoms with E-state index in [4.69, 9.17) is 11.6 Å². The van der Waals surface area contributed by atoms with Gasteiger partial charge in [0, 0.05) is 0 Å². The smallest absolute Gasteiger partial charge is 0.230 e. The van der Waals surface area contributed by atoms with E-state index < -0.39 is 21.3 Å². The molecule has 3 rings (SSSR count). The fraction of sp³-hybridized carbons (Fsp3) is 0.467. The zero-order valence-electron chi connectivity index (χ0n) is 14.2. The second-order valence-electron chi connectivity index (χ2n) is 6.27. The van der Waals surface area contributed by atoms with Crippen molar-refractivity contribution in [3.05, 3.63) is 29.3 Å². The van der Waals surface area contributed by atoms with Crippen LogP contribution in [0.2, 0.25) is 0 Å². The molecule has 0 spiro atoms. The van der Waals surface area contributed by atoms with Gasteiger partial charge in [0.15, 0.2) is 9.84 Å². The normalized spacial score (nSPS) is 21.7.